The van der Waals surface area contributed by atoms with Gasteiger partial charge in [0.05, 0.1) is 6.42 Å². The van der Waals surface area contributed by atoms with Gasteiger partial charge < -0.3 is 10.3 Å². The summed E-state index contributed by atoms with van der Waals surface area (Å²) in [6.07, 6.45) is 2.21. The molecule has 0 spiro atoms. The lowest BCUT2D eigenvalue weighted by Gasteiger charge is -1.97. The van der Waals surface area contributed by atoms with Gasteiger partial charge in [-0.05, 0) is 12.1 Å². The molecule has 1 aromatic rings. The number of primary amides is 1. The first-order valence-corrected chi connectivity index (χ1v) is 3.08. The van der Waals surface area contributed by atoms with Crippen LogP contribution in [0.2, 0.25) is 0 Å². The molecule has 0 aliphatic carbocycles. The van der Waals surface area contributed by atoms with Crippen molar-refractivity contribution < 1.29 is 4.79 Å². The van der Waals surface area contributed by atoms with Gasteiger partial charge in [0.1, 0.15) is 0 Å². The average molecular weight is 138 g/mol. The Morgan fingerprint density at radius 2 is 2.50 bits per heavy atom. The molecule has 1 heterocycles. The van der Waals surface area contributed by atoms with E-state index in [0.717, 1.165) is 5.69 Å². The van der Waals surface area contributed by atoms with E-state index < -0.39 is 0 Å². The minimum absolute atomic E-state index is 0.290. The molecular weight excluding hydrogens is 128 g/mol. The topological polar surface area (TPSA) is 48.0 Å². The van der Waals surface area contributed by atoms with E-state index in [1.807, 2.05) is 29.9 Å². The third kappa shape index (κ3) is 1.37. The van der Waals surface area contributed by atoms with Crippen LogP contribution >= 0.6 is 0 Å². The van der Waals surface area contributed by atoms with Crippen LogP contribution < -0.4 is 5.73 Å². The molecule has 0 atom stereocenters. The summed E-state index contributed by atoms with van der Waals surface area (Å²) in [5.41, 5.74) is 5.95. The number of aromatic nitrogens is 1. The molecule has 0 saturated carbocycles. The Morgan fingerprint density at radius 3 is 2.90 bits per heavy atom. The summed E-state index contributed by atoms with van der Waals surface area (Å²) in [7, 11) is 1.89. The molecule has 3 heteroatoms. The van der Waals surface area contributed by atoms with Gasteiger partial charge in [-0.3, -0.25) is 4.79 Å². The van der Waals surface area contributed by atoms with Crippen molar-refractivity contribution in [3.05, 3.63) is 24.0 Å². The van der Waals surface area contributed by atoms with Crippen LogP contribution in [0, 0.1) is 0 Å². The Labute approximate surface area is 59.4 Å². The number of hydrogen-bond donors (Lipinski definition) is 1. The monoisotopic (exact) mass is 138 g/mol. The van der Waals surface area contributed by atoms with E-state index in [0.29, 0.717) is 6.42 Å². The van der Waals surface area contributed by atoms with Crippen LogP contribution in [-0.4, -0.2) is 10.5 Å². The van der Waals surface area contributed by atoms with Crippen LogP contribution in [0.25, 0.3) is 0 Å². The number of hydrogen-bond acceptors (Lipinski definition) is 1. The largest absolute Gasteiger partial charge is 0.369 e. The van der Waals surface area contributed by atoms with E-state index in [1.54, 1.807) is 0 Å². The highest BCUT2D eigenvalue weighted by atomic mass is 16.1. The van der Waals surface area contributed by atoms with Crippen molar-refractivity contribution >= 4 is 5.91 Å². The van der Waals surface area contributed by atoms with Gasteiger partial charge in [-0.1, -0.05) is 0 Å². The van der Waals surface area contributed by atoms with Crippen LogP contribution in [0.3, 0.4) is 0 Å². The minimum Gasteiger partial charge on any atom is -0.369 e. The number of aryl methyl sites for hydroxylation is 1. The van der Waals surface area contributed by atoms with Gasteiger partial charge in [0.2, 0.25) is 5.91 Å². The van der Waals surface area contributed by atoms with Gasteiger partial charge in [0, 0.05) is 18.9 Å². The summed E-state index contributed by atoms with van der Waals surface area (Å²) in [4.78, 5) is 10.4. The molecule has 1 aromatic heterocycles. The third-order valence-electron chi connectivity index (χ3n) is 1.41. The smallest absolute Gasteiger partial charge is 0.223 e. The molecule has 3 nitrogen and oxygen atoms in total. The van der Waals surface area contributed by atoms with Crippen molar-refractivity contribution in [2.75, 3.05) is 0 Å². The van der Waals surface area contributed by atoms with Crippen LogP contribution in [0.5, 0.6) is 0 Å². The molecule has 1 rings (SSSR count). The Morgan fingerprint density at radius 1 is 1.80 bits per heavy atom. The molecule has 0 aliphatic heterocycles. The zero-order chi connectivity index (χ0) is 7.56. The van der Waals surface area contributed by atoms with Crippen molar-refractivity contribution in [3.63, 3.8) is 0 Å². The van der Waals surface area contributed by atoms with Gasteiger partial charge in [-0.15, -0.1) is 0 Å². The van der Waals surface area contributed by atoms with Gasteiger partial charge in [0.25, 0.3) is 0 Å². The van der Waals surface area contributed by atoms with Crippen molar-refractivity contribution in [1.29, 1.82) is 0 Å². The molecular formula is C7H10N2O. The lowest BCUT2D eigenvalue weighted by atomic mass is 10.3. The quantitative estimate of drug-likeness (QED) is 0.617. The zero-order valence-electron chi connectivity index (χ0n) is 5.87. The standard InChI is InChI=1S/C7H10N2O/c1-9-4-2-3-6(9)5-7(8)10/h2-4H,5H2,1H3,(H2,8,10). The van der Waals surface area contributed by atoms with Gasteiger partial charge in [0.15, 0.2) is 0 Å². The fraction of sp³-hybridized carbons (Fsp3) is 0.286. The van der Waals surface area contributed by atoms with E-state index in [4.69, 9.17) is 5.73 Å². The number of amides is 1. The number of nitrogens with two attached hydrogens (primary N) is 1. The molecule has 0 fully saturated rings. The average Bonchev–Trinajstić information content (AvgIpc) is 2.15. The van der Waals surface area contributed by atoms with Crippen molar-refractivity contribution in [3.8, 4) is 0 Å². The number of carbonyl (C=O) groups is 1. The lowest BCUT2D eigenvalue weighted by Crippen LogP contribution is -2.15. The maximum absolute atomic E-state index is 10.4. The Balaban J connectivity index is 2.74. The molecule has 0 aromatic carbocycles. The van der Waals surface area contributed by atoms with E-state index in [2.05, 4.69) is 0 Å². The van der Waals surface area contributed by atoms with E-state index in [9.17, 15) is 4.79 Å². The van der Waals surface area contributed by atoms with Crippen molar-refractivity contribution in [2.45, 2.75) is 6.42 Å². The normalized spacial score (nSPS) is 9.70. The fourth-order valence-electron chi connectivity index (χ4n) is 0.859. The first-order chi connectivity index (χ1) is 4.70. The van der Waals surface area contributed by atoms with E-state index in [-0.39, 0.29) is 5.91 Å². The number of carbonyl (C=O) groups excluding carboxylic acids is 1. The molecule has 0 radical (unpaired) electrons. The van der Waals surface area contributed by atoms with Crippen LogP contribution in [0.4, 0.5) is 0 Å². The van der Waals surface area contributed by atoms with Crippen LogP contribution in [0.1, 0.15) is 5.69 Å². The highest BCUT2D eigenvalue weighted by molar-refractivity contribution is 5.76. The molecule has 1 amide bonds. The number of nitrogens with zero attached hydrogens (tertiary/aromatic N) is 1. The van der Waals surface area contributed by atoms with Gasteiger partial charge >= 0.3 is 0 Å². The molecule has 54 valence electrons. The minimum atomic E-state index is -0.290. The Bertz CT molecular complexity index is 240. The molecule has 0 aliphatic rings. The lowest BCUT2D eigenvalue weighted by molar-refractivity contribution is -0.117. The molecule has 0 unspecified atom stereocenters. The fourth-order valence-corrected chi connectivity index (χ4v) is 0.859. The highest BCUT2D eigenvalue weighted by Gasteiger charge is 1.99. The van der Waals surface area contributed by atoms with Crippen LogP contribution in [0.15, 0.2) is 18.3 Å². The summed E-state index contributed by atoms with van der Waals surface area (Å²) < 4.78 is 1.88. The molecule has 10 heavy (non-hydrogen) atoms. The van der Waals surface area contributed by atoms with Crippen molar-refractivity contribution in [1.82, 2.24) is 4.57 Å². The van der Waals surface area contributed by atoms with Gasteiger partial charge in [-0.25, -0.2) is 0 Å². The van der Waals surface area contributed by atoms with Crippen LogP contribution in [-0.2, 0) is 18.3 Å². The second kappa shape index (κ2) is 2.56. The summed E-state index contributed by atoms with van der Waals surface area (Å²) >= 11 is 0. The first kappa shape index (κ1) is 6.86. The Kier molecular flexibility index (Phi) is 1.76. The number of rotatable bonds is 2. The van der Waals surface area contributed by atoms with Crippen molar-refractivity contribution in [2.24, 2.45) is 12.8 Å². The predicted octanol–water partition coefficient (Wildman–Crippen LogP) is 0.0529. The summed E-state index contributed by atoms with van der Waals surface area (Å²) in [5, 5.41) is 0. The maximum Gasteiger partial charge on any atom is 0.223 e. The first-order valence-electron chi connectivity index (χ1n) is 3.08. The molecule has 2 N–H and O–H groups in total. The highest BCUT2D eigenvalue weighted by Crippen LogP contribution is 1.98. The summed E-state index contributed by atoms with van der Waals surface area (Å²) in [6, 6.07) is 3.77. The van der Waals surface area contributed by atoms with Gasteiger partial charge in [-0.2, -0.15) is 0 Å². The summed E-state index contributed by atoms with van der Waals surface area (Å²) in [6.45, 7) is 0. The maximum atomic E-state index is 10.4. The zero-order valence-corrected chi connectivity index (χ0v) is 5.87. The predicted molar refractivity (Wildman–Crippen MR) is 38.3 cm³/mol. The van der Waals surface area contributed by atoms with E-state index >= 15 is 0 Å². The van der Waals surface area contributed by atoms with E-state index in [1.165, 1.54) is 0 Å². The third-order valence-corrected chi connectivity index (χ3v) is 1.41. The second-order valence-corrected chi connectivity index (χ2v) is 2.25. The summed E-state index contributed by atoms with van der Waals surface area (Å²) in [5.74, 6) is -0.290. The molecule has 0 bridgehead atoms. The second-order valence-electron chi connectivity index (χ2n) is 2.25. The Hall–Kier alpha value is -1.25. The molecule has 0 saturated heterocycles. The SMILES string of the molecule is Cn1cccc1CC(N)=O.